The van der Waals surface area contributed by atoms with Gasteiger partial charge in [0.1, 0.15) is 29.9 Å². The number of fused-ring (bicyclic) bond motifs is 2. The number of carbonyl (C=O) groups excluding carboxylic acids is 3. The average molecular weight is 581 g/mol. The first-order chi connectivity index (χ1) is 20.4. The lowest BCUT2D eigenvalue weighted by molar-refractivity contribution is -0.140. The van der Waals surface area contributed by atoms with Crippen LogP contribution in [0, 0.1) is 19.3 Å². The maximum absolute atomic E-state index is 13.9. The van der Waals surface area contributed by atoms with E-state index in [1.165, 1.54) is 6.92 Å². The fourth-order valence-electron chi connectivity index (χ4n) is 6.56. The highest BCUT2D eigenvalue weighted by atomic mass is 16.3. The number of Topliss-reactive ketones (excluding diaryl/α,β-unsaturated/α-hetero) is 1. The van der Waals surface area contributed by atoms with Crippen LogP contribution in [0.1, 0.15) is 61.1 Å². The number of nitrogens with zero attached hydrogens (tertiary/aromatic N) is 5. The van der Waals surface area contributed by atoms with E-state index in [-0.39, 0.29) is 47.4 Å². The van der Waals surface area contributed by atoms with E-state index < -0.39 is 6.04 Å². The number of rotatable bonds is 8. The second-order valence-electron chi connectivity index (χ2n) is 12.4. The van der Waals surface area contributed by atoms with Crippen LogP contribution in [0.15, 0.2) is 48.8 Å². The number of likely N-dealkylation sites (tertiary alicyclic amines) is 1. The van der Waals surface area contributed by atoms with Crippen LogP contribution in [0.25, 0.3) is 22.0 Å². The van der Waals surface area contributed by atoms with Gasteiger partial charge in [0.05, 0.1) is 5.52 Å². The molecule has 0 spiro atoms. The summed E-state index contributed by atoms with van der Waals surface area (Å²) in [6.07, 6.45) is 5.59. The van der Waals surface area contributed by atoms with Crippen LogP contribution >= 0.6 is 0 Å². The summed E-state index contributed by atoms with van der Waals surface area (Å²) < 4.78 is 1.61. The average Bonchev–Trinajstić information content (AvgIpc) is 3.30. The predicted molar refractivity (Wildman–Crippen MR) is 161 cm³/mol. The van der Waals surface area contributed by atoms with Crippen molar-refractivity contribution in [3.8, 4) is 16.9 Å². The second-order valence-corrected chi connectivity index (χ2v) is 12.4. The minimum absolute atomic E-state index is 0.00601. The third-order valence-corrected chi connectivity index (χ3v) is 8.86. The summed E-state index contributed by atoms with van der Waals surface area (Å²) in [5.74, 6) is 0.329. The Kier molecular flexibility index (Phi) is 7.02. The molecule has 2 unspecified atom stereocenters. The van der Waals surface area contributed by atoms with Gasteiger partial charge < -0.3 is 15.3 Å². The second kappa shape index (κ2) is 10.6. The van der Waals surface area contributed by atoms with Gasteiger partial charge in [-0.25, -0.2) is 9.97 Å². The SMILES string of the molecule is CC(=O)c1nn(CC(=O)N2C3C[C@]3(C)C[C@H]2C(=O)NC(C)Cc2ccc(O)cc2)c2c(C)cc(-c3cnc(C)nc3)cc12. The van der Waals surface area contributed by atoms with E-state index in [2.05, 4.69) is 27.3 Å². The highest BCUT2D eigenvalue weighted by Crippen LogP contribution is 2.59. The molecule has 43 heavy (non-hydrogen) atoms. The summed E-state index contributed by atoms with van der Waals surface area (Å²) in [4.78, 5) is 50.4. The third-order valence-electron chi connectivity index (χ3n) is 8.86. The van der Waals surface area contributed by atoms with Crippen molar-refractivity contribution in [2.45, 2.75) is 78.6 Å². The Morgan fingerprint density at radius 3 is 2.44 bits per heavy atom. The number of aromatic nitrogens is 4. The van der Waals surface area contributed by atoms with Crippen molar-refractivity contribution >= 4 is 28.5 Å². The third kappa shape index (κ3) is 5.37. The number of phenolic OH excluding ortho intramolecular Hbond substituents is 1. The monoisotopic (exact) mass is 580 g/mol. The minimum Gasteiger partial charge on any atom is -0.508 e. The summed E-state index contributed by atoms with van der Waals surface area (Å²) in [5.41, 5.74) is 4.51. The standard InChI is InChI=1S/C33H36N6O4/c1-18-10-23(24-15-34-21(4)35-16-24)12-26-30(20(3)40)37-38(31(18)26)17-29(42)39-27(13-33(5)14-28(33)39)32(43)36-19(2)11-22-6-8-25(41)9-7-22/h6-10,12,15-16,19,27-28,41H,11,13-14,17H2,1-5H3,(H,36,43)/t19?,27-,28?,33-/m0/s1. The van der Waals surface area contributed by atoms with Gasteiger partial charge in [-0.1, -0.05) is 19.1 Å². The Hall–Kier alpha value is -4.60. The molecule has 2 aliphatic rings. The number of phenols is 1. The summed E-state index contributed by atoms with van der Waals surface area (Å²) in [5, 5.41) is 17.9. The lowest BCUT2D eigenvalue weighted by atomic mass is 10.0. The van der Waals surface area contributed by atoms with Crippen LogP contribution < -0.4 is 5.32 Å². The molecule has 222 valence electrons. The molecule has 0 radical (unpaired) electrons. The van der Waals surface area contributed by atoms with Crippen LogP contribution in [0.2, 0.25) is 0 Å². The molecule has 4 aromatic rings. The van der Waals surface area contributed by atoms with E-state index in [0.29, 0.717) is 29.7 Å². The molecule has 10 heteroatoms. The Morgan fingerprint density at radius 1 is 1.07 bits per heavy atom. The number of hydrogen-bond acceptors (Lipinski definition) is 7. The molecule has 2 N–H and O–H groups in total. The van der Waals surface area contributed by atoms with Crippen molar-refractivity contribution in [3.05, 3.63) is 71.4 Å². The molecule has 2 fully saturated rings. The van der Waals surface area contributed by atoms with Crippen molar-refractivity contribution in [1.82, 2.24) is 30.0 Å². The molecule has 1 saturated heterocycles. The van der Waals surface area contributed by atoms with Gasteiger partial charge in [-0.15, -0.1) is 0 Å². The minimum atomic E-state index is -0.568. The maximum Gasteiger partial charge on any atom is 0.245 e. The van der Waals surface area contributed by atoms with Crippen LogP contribution in [0.4, 0.5) is 0 Å². The Morgan fingerprint density at radius 2 is 1.77 bits per heavy atom. The van der Waals surface area contributed by atoms with Crippen molar-refractivity contribution in [1.29, 1.82) is 0 Å². The van der Waals surface area contributed by atoms with Crippen molar-refractivity contribution in [2.75, 3.05) is 0 Å². The smallest absolute Gasteiger partial charge is 0.245 e. The molecule has 1 aliphatic heterocycles. The Bertz CT molecular complexity index is 1750. The first-order valence-corrected chi connectivity index (χ1v) is 14.6. The highest BCUT2D eigenvalue weighted by Gasteiger charge is 2.64. The lowest BCUT2D eigenvalue weighted by Crippen LogP contribution is -2.51. The predicted octanol–water partition coefficient (Wildman–Crippen LogP) is 4.15. The number of hydrogen-bond donors (Lipinski definition) is 2. The maximum atomic E-state index is 13.9. The number of nitrogens with one attached hydrogen (secondary N) is 1. The van der Waals surface area contributed by atoms with E-state index in [9.17, 15) is 19.5 Å². The molecule has 4 atom stereocenters. The Labute approximate surface area is 250 Å². The molecular formula is C33H36N6O4. The molecule has 2 aromatic heterocycles. The fraction of sp³-hybridized carbons (Fsp3) is 0.394. The quantitative estimate of drug-likeness (QED) is 0.300. The molecule has 1 aliphatic carbocycles. The molecule has 3 heterocycles. The van der Waals surface area contributed by atoms with Gasteiger partial charge in [0.25, 0.3) is 0 Å². The molecule has 2 aromatic carbocycles. The molecule has 1 saturated carbocycles. The molecule has 2 amide bonds. The number of piperidine rings is 1. The van der Waals surface area contributed by atoms with Crippen LogP contribution in [0.3, 0.4) is 0 Å². The van der Waals surface area contributed by atoms with Gasteiger partial charge in [0.15, 0.2) is 5.78 Å². The zero-order valence-electron chi connectivity index (χ0n) is 25.1. The van der Waals surface area contributed by atoms with E-state index in [4.69, 9.17) is 0 Å². The molecule has 0 bridgehead atoms. The summed E-state index contributed by atoms with van der Waals surface area (Å²) in [6, 6.07) is 10.1. The van der Waals surface area contributed by atoms with Crippen LogP contribution in [0.5, 0.6) is 5.75 Å². The van der Waals surface area contributed by atoms with Crippen molar-refractivity contribution < 1.29 is 19.5 Å². The summed E-state index contributed by atoms with van der Waals surface area (Å²) in [6.45, 7) is 9.23. The topological polar surface area (TPSA) is 130 Å². The largest absolute Gasteiger partial charge is 0.508 e. The molecule has 6 rings (SSSR count). The first kappa shape index (κ1) is 28.5. The number of amides is 2. The molecule has 10 nitrogen and oxygen atoms in total. The summed E-state index contributed by atoms with van der Waals surface area (Å²) in [7, 11) is 0. The summed E-state index contributed by atoms with van der Waals surface area (Å²) >= 11 is 0. The highest BCUT2D eigenvalue weighted by molar-refractivity contribution is 6.07. The molecular weight excluding hydrogens is 544 g/mol. The number of ketones is 1. The first-order valence-electron chi connectivity index (χ1n) is 14.6. The van der Waals surface area contributed by atoms with Gasteiger partial charge >= 0.3 is 0 Å². The van der Waals surface area contributed by atoms with Gasteiger partial charge in [-0.05, 0) is 86.4 Å². The number of benzene rings is 2. The van der Waals surface area contributed by atoms with Crippen LogP contribution in [-0.4, -0.2) is 65.5 Å². The van der Waals surface area contributed by atoms with Gasteiger partial charge in [-0.2, -0.15) is 5.10 Å². The fourth-order valence-corrected chi connectivity index (χ4v) is 6.56. The van der Waals surface area contributed by atoms with E-state index in [1.807, 2.05) is 45.0 Å². The normalized spacial score (nSPS) is 21.5. The van der Waals surface area contributed by atoms with Crippen molar-refractivity contribution in [2.24, 2.45) is 5.41 Å². The number of aryl methyl sites for hydroxylation is 2. The van der Waals surface area contributed by atoms with E-state index in [0.717, 1.165) is 34.2 Å². The lowest BCUT2D eigenvalue weighted by Gasteiger charge is -2.28. The van der Waals surface area contributed by atoms with Gasteiger partial charge in [0, 0.05) is 42.4 Å². The van der Waals surface area contributed by atoms with Crippen LogP contribution in [-0.2, 0) is 22.6 Å². The zero-order chi connectivity index (χ0) is 30.6. The van der Waals surface area contributed by atoms with E-state index >= 15 is 0 Å². The van der Waals surface area contributed by atoms with Crippen molar-refractivity contribution in [3.63, 3.8) is 0 Å². The number of carbonyl (C=O) groups is 3. The number of aromatic hydroxyl groups is 1. The Balaban J connectivity index is 1.25. The van der Waals surface area contributed by atoms with Gasteiger partial charge in [-0.3, -0.25) is 19.1 Å². The van der Waals surface area contributed by atoms with E-state index in [1.54, 1.807) is 34.1 Å². The van der Waals surface area contributed by atoms with Gasteiger partial charge in [0.2, 0.25) is 11.8 Å². The zero-order valence-corrected chi connectivity index (χ0v) is 25.1.